The number of carboxylic acid groups (broad SMARTS) is 1. The smallest absolute Gasteiger partial charge is 0.335 e. The fourth-order valence-corrected chi connectivity index (χ4v) is 3.91. The number of carbonyl (C=O) groups is 3. The number of nitrogens with zero attached hydrogens (tertiary/aromatic N) is 1. The molecule has 1 saturated heterocycles. The lowest BCUT2D eigenvalue weighted by Crippen LogP contribution is -2.54. The molecule has 33 heavy (non-hydrogen) atoms. The maximum Gasteiger partial charge on any atom is 0.335 e. The quantitative estimate of drug-likeness (QED) is 0.230. The summed E-state index contributed by atoms with van der Waals surface area (Å²) < 4.78 is 11.9. The summed E-state index contributed by atoms with van der Waals surface area (Å²) in [7, 11) is 0. The molecule has 0 spiro atoms. The van der Waals surface area contributed by atoms with Crippen molar-refractivity contribution >= 4 is 62.8 Å². The van der Waals surface area contributed by atoms with Crippen LogP contribution >= 0.6 is 28.1 Å². The molecule has 0 bridgehead atoms. The largest absolute Gasteiger partial charge is 0.490 e. The molecule has 2 aromatic carbocycles. The van der Waals surface area contributed by atoms with E-state index in [2.05, 4.69) is 27.8 Å². The fourth-order valence-electron chi connectivity index (χ4n) is 3.05. The maximum atomic E-state index is 13.2. The molecule has 0 atom stereocenters. The number of rotatable bonds is 8. The summed E-state index contributed by atoms with van der Waals surface area (Å²) in [5, 5.41) is 11.6. The van der Waals surface area contributed by atoms with E-state index in [-0.39, 0.29) is 28.5 Å². The third kappa shape index (κ3) is 5.29. The second-order valence-corrected chi connectivity index (χ2v) is 7.92. The zero-order valence-electron chi connectivity index (χ0n) is 17.5. The first-order chi connectivity index (χ1) is 15.8. The van der Waals surface area contributed by atoms with Gasteiger partial charge in [0.15, 0.2) is 16.6 Å². The van der Waals surface area contributed by atoms with E-state index in [1.807, 2.05) is 6.92 Å². The summed E-state index contributed by atoms with van der Waals surface area (Å²) >= 11 is 8.60. The summed E-state index contributed by atoms with van der Waals surface area (Å²) in [5.41, 5.74) is 0.520. The van der Waals surface area contributed by atoms with E-state index >= 15 is 0 Å². The molecule has 0 aromatic heterocycles. The molecule has 0 saturated carbocycles. The molecule has 10 heteroatoms. The Labute approximate surface area is 203 Å². The second kappa shape index (κ2) is 10.4. The Morgan fingerprint density at radius 3 is 2.70 bits per heavy atom. The fraction of sp³-hybridized carbons (Fsp3) is 0.130. The molecular weight excluding hydrogens is 512 g/mol. The molecule has 0 aliphatic carbocycles. The van der Waals surface area contributed by atoms with E-state index in [4.69, 9.17) is 21.7 Å². The minimum absolute atomic E-state index is 0.0223. The molecule has 8 nitrogen and oxygen atoms in total. The van der Waals surface area contributed by atoms with Crippen molar-refractivity contribution < 1.29 is 29.0 Å². The van der Waals surface area contributed by atoms with Crippen molar-refractivity contribution in [2.75, 3.05) is 18.1 Å². The van der Waals surface area contributed by atoms with Crippen LogP contribution in [0.3, 0.4) is 0 Å². The number of halogens is 1. The van der Waals surface area contributed by atoms with Crippen LogP contribution in [-0.4, -0.2) is 41.2 Å². The molecule has 0 radical (unpaired) electrons. The number of carboxylic acids is 1. The van der Waals surface area contributed by atoms with Gasteiger partial charge in [0.2, 0.25) is 0 Å². The minimum atomic E-state index is -1.15. The van der Waals surface area contributed by atoms with Gasteiger partial charge in [-0.25, -0.2) is 4.79 Å². The van der Waals surface area contributed by atoms with E-state index in [0.29, 0.717) is 28.1 Å². The number of hydrogen-bond donors (Lipinski definition) is 2. The van der Waals surface area contributed by atoms with Crippen molar-refractivity contribution in [3.63, 3.8) is 0 Å². The summed E-state index contributed by atoms with van der Waals surface area (Å²) in [6.45, 7) is 6.08. The third-order valence-electron chi connectivity index (χ3n) is 4.44. The number of hydrogen-bond acceptors (Lipinski definition) is 6. The van der Waals surface area contributed by atoms with Gasteiger partial charge in [0, 0.05) is 0 Å². The number of aromatic carboxylic acids is 1. The molecule has 1 fully saturated rings. The molecule has 3 rings (SSSR count). The number of benzene rings is 2. The summed E-state index contributed by atoms with van der Waals surface area (Å²) in [5.74, 6) is -1.62. The van der Waals surface area contributed by atoms with Crippen molar-refractivity contribution in [3.05, 3.63) is 70.2 Å². The van der Waals surface area contributed by atoms with Crippen LogP contribution in [0.4, 0.5) is 5.69 Å². The number of thiocarbonyl (C=S) groups is 1. The third-order valence-corrected chi connectivity index (χ3v) is 5.31. The van der Waals surface area contributed by atoms with Gasteiger partial charge in [0.1, 0.15) is 12.2 Å². The number of ether oxygens (including phenoxy) is 2. The van der Waals surface area contributed by atoms with Crippen molar-refractivity contribution in [1.29, 1.82) is 0 Å². The molecule has 1 heterocycles. The Bertz CT molecular complexity index is 1190. The average Bonchev–Trinajstić information content (AvgIpc) is 2.76. The van der Waals surface area contributed by atoms with Crippen LogP contribution < -0.4 is 19.7 Å². The van der Waals surface area contributed by atoms with E-state index in [0.717, 1.165) is 4.90 Å². The normalized spacial score (nSPS) is 14.8. The predicted octanol–water partition coefficient (Wildman–Crippen LogP) is 3.94. The highest BCUT2D eigenvalue weighted by atomic mass is 79.9. The van der Waals surface area contributed by atoms with Crippen LogP contribution in [0, 0.1) is 0 Å². The zero-order chi connectivity index (χ0) is 24.1. The van der Waals surface area contributed by atoms with Gasteiger partial charge in [0.25, 0.3) is 11.8 Å². The molecule has 1 aliphatic heterocycles. The summed E-state index contributed by atoms with van der Waals surface area (Å²) in [4.78, 5) is 38.2. The lowest BCUT2D eigenvalue weighted by atomic mass is 10.1. The first kappa shape index (κ1) is 24.1. The van der Waals surface area contributed by atoms with E-state index in [1.54, 1.807) is 18.2 Å². The molecular formula is C23H19BrN2O6S. The number of amides is 2. The van der Waals surface area contributed by atoms with Gasteiger partial charge < -0.3 is 14.6 Å². The highest BCUT2D eigenvalue weighted by Gasteiger charge is 2.34. The van der Waals surface area contributed by atoms with Crippen molar-refractivity contribution in [3.8, 4) is 11.5 Å². The molecule has 2 aromatic rings. The van der Waals surface area contributed by atoms with E-state index < -0.39 is 17.8 Å². The van der Waals surface area contributed by atoms with Crippen LogP contribution in [0.2, 0.25) is 0 Å². The van der Waals surface area contributed by atoms with Crippen molar-refractivity contribution in [2.24, 2.45) is 0 Å². The average molecular weight is 531 g/mol. The maximum absolute atomic E-state index is 13.2. The monoisotopic (exact) mass is 530 g/mol. The predicted molar refractivity (Wildman–Crippen MR) is 131 cm³/mol. The van der Waals surface area contributed by atoms with Crippen LogP contribution in [0.25, 0.3) is 6.08 Å². The Morgan fingerprint density at radius 2 is 2.03 bits per heavy atom. The highest BCUT2D eigenvalue weighted by Crippen LogP contribution is 2.38. The van der Waals surface area contributed by atoms with E-state index in [9.17, 15) is 19.5 Å². The molecule has 2 amide bonds. The first-order valence-electron chi connectivity index (χ1n) is 9.71. The van der Waals surface area contributed by atoms with Gasteiger partial charge in [-0.3, -0.25) is 19.8 Å². The van der Waals surface area contributed by atoms with E-state index in [1.165, 1.54) is 30.3 Å². The molecule has 0 unspecified atom stereocenters. The lowest BCUT2D eigenvalue weighted by Gasteiger charge is -2.29. The van der Waals surface area contributed by atoms with Crippen LogP contribution in [0.15, 0.2) is 59.1 Å². The molecule has 1 aliphatic rings. The Balaban J connectivity index is 2.03. The number of anilines is 1. The molecule has 170 valence electrons. The van der Waals surface area contributed by atoms with Gasteiger partial charge in [0.05, 0.1) is 22.3 Å². The number of nitrogens with one attached hydrogen (secondary N) is 1. The minimum Gasteiger partial charge on any atom is -0.490 e. The Kier molecular flexibility index (Phi) is 7.62. The van der Waals surface area contributed by atoms with Gasteiger partial charge in [-0.05, 0) is 77.0 Å². The van der Waals surface area contributed by atoms with Gasteiger partial charge in [-0.15, -0.1) is 0 Å². The lowest BCUT2D eigenvalue weighted by molar-refractivity contribution is -0.122. The SMILES string of the molecule is C=CCOc1c(Br)cc(C=C2C(=O)NC(=S)N(c3cccc(C(=O)O)c3)C2=O)cc1OCC. The van der Waals surface area contributed by atoms with Crippen molar-refractivity contribution in [2.45, 2.75) is 6.92 Å². The molecule has 2 N–H and O–H groups in total. The highest BCUT2D eigenvalue weighted by molar-refractivity contribution is 9.10. The van der Waals surface area contributed by atoms with Crippen LogP contribution in [-0.2, 0) is 9.59 Å². The summed E-state index contributed by atoms with van der Waals surface area (Å²) in [6, 6.07) is 9.03. The zero-order valence-corrected chi connectivity index (χ0v) is 19.9. The standard InChI is InChI=1S/C23H19BrN2O6S/c1-3-8-32-19-17(24)10-13(11-18(19)31-4-2)9-16-20(27)25-23(33)26(21(16)28)15-7-5-6-14(12-15)22(29)30/h3,5-7,9-12H,1,4,8H2,2H3,(H,29,30)(H,25,27,33). The van der Waals surface area contributed by atoms with Crippen LogP contribution in [0.1, 0.15) is 22.8 Å². The van der Waals surface area contributed by atoms with Crippen LogP contribution in [0.5, 0.6) is 11.5 Å². The van der Waals surface area contributed by atoms with Crippen molar-refractivity contribution in [1.82, 2.24) is 5.32 Å². The topological polar surface area (TPSA) is 105 Å². The van der Waals surface area contributed by atoms with Gasteiger partial charge in [-0.1, -0.05) is 18.7 Å². The Hall–Kier alpha value is -3.50. The van der Waals surface area contributed by atoms with Gasteiger partial charge >= 0.3 is 5.97 Å². The summed E-state index contributed by atoms with van der Waals surface area (Å²) in [6.07, 6.45) is 3.00. The first-order valence-corrected chi connectivity index (χ1v) is 10.9. The van der Waals surface area contributed by atoms with Gasteiger partial charge in [-0.2, -0.15) is 0 Å². The Morgan fingerprint density at radius 1 is 1.27 bits per heavy atom. The second-order valence-electron chi connectivity index (χ2n) is 6.68. The number of carbonyl (C=O) groups excluding carboxylic acids is 2.